The van der Waals surface area contributed by atoms with Crippen LogP contribution >= 0.6 is 54.5 Å². The van der Waals surface area contributed by atoms with Gasteiger partial charge in [0.25, 0.3) is 0 Å². The first kappa shape index (κ1) is 16.9. The van der Waals surface area contributed by atoms with Crippen molar-refractivity contribution in [1.29, 1.82) is 0 Å². The van der Waals surface area contributed by atoms with Crippen molar-refractivity contribution in [3.63, 3.8) is 0 Å². The van der Waals surface area contributed by atoms with Crippen LogP contribution in [0.1, 0.15) is 22.6 Å². The zero-order valence-electron chi connectivity index (χ0n) is 13.0. The van der Waals surface area contributed by atoms with E-state index in [1.807, 2.05) is 0 Å². The lowest BCUT2D eigenvalue weighted by atomic mass is 9.90. The molecule has 24 heavy (non-hydrogen) atoms. The van der Waals surface area contributed by atoms with Gasteiger partial charge in [0, 0.05) is 52.7 Å². The first-order chi connectivity index (χ1) is 11.5. The summed E-state index contributed by atoms with van der Waals surface area (Å²) in [5.74, 6) is 0.217. The number of carbonyl (C=O) groups is 1. The number of ketones is 1. The number of piperidine rings is 1. The molecule has 2 unspecified atom stereocenters. The van der Waals surface area contributed by atoms with E-state index >= 15 is 0 Å². The summed E-state index contributed by atoms with van der Waals surface area (Å²) < 4.78 is 2.14. The van der Waals surface area contributed by atoms with Crippen LogP contribution in [0.3, 0.4) is 0 Å². The molecule has 2 aliphatic heterocycles. The van der Waals surface area contributed by atoms with Crippen molar-refractivity contribution in [3.05, 3.63) is 52.7 Å². The predicted octanol–water partition coefficient (Wildman–Crippen LogP) is 5.85. The summed E-state index contributed by atoms with van der Waals surface area (Å²) in [7, 11) is 2.14. The minimum absolute atomic E-state index is 0.217. The SMILES string of the molecule is CN1C2CCC1/C(=C\c1cc(Br)cs1)C(=O)/C2=C\c1cc(Br)cs1. The Balaban J connectivity index is 1.77. The van der Waals surface area contributed by atoms with Gasteiger partial charge in [-0.2, -0.15) is 0 Å². The Morgan fingerprint density at radius 3 is 1.83 bits per heavy atom. The average molecular weight is 485 g/mol. The maximum Gasteiger partial charge on any atom is 0.188 e. The highest BCUT2D eigenvalue weighted by atomic mass is 79.9. The summed E-state index contributed by atoms with van der Waals surface area (Å²) >= 11 is 10.3. The number of Topliss-reactive ketones (excluding diaryl/α,β-unsaturated/α-hetero) is 1. The highest BCUT2D eigenvalue weighted by Crippen LogP contribution is 2.41. The highest BCUT2D eigenvalue weighted by molar-refractivity contribution is 9.10. The molecule has 2 saturated heterocycles. The van der Waals surface area contributed by atoms with Gasteiger partial charge in [0.15, 0.2) is 5.78 Å². The molecule has 2 aliphatic rings. The van der Waals surface area contributed by atoms with Crippen LogP contribution in [0, 0.1) is 0 Å². The summed E-state index contributed by atoms with van der Waals surface area (Å²) in [5, 5.41) is 4.11. The Morgan fingerprint density at radius 2 is 1.46 bits per heavy atom. The fourth-order valence-electron chi connectivity index (χ4n) is 3.60. The quantitative estimate of drug-likeness (QED) is 0.498. The molecule has 0 spiro atoms. The van der Waals surface area contributed by atoms with Crippen LogP contribution in [0.15, 0.2) is 43.0 Å². The highest BCUT2D eigenvalue weighted by Gasteiger charge is 2.44. The van der Waals surface area contributed by atoms with Crippen LogP contribution in [0.25, 0.3) is 12.2 Å². The molecule has 2 aromatic rings. The zero-order chi connectivity index (χ0) is 16.8. The van der Waals surface area contributed by atoms with Crippen LogP contribution in [0.5, 0.6) is 0 Å². The van der Waals surface area contributed by atoms with E-state index < -0.39 is 0 Å². The lowest BCUT2D eigenvalue weighted by Crippen LogP contribution is -2.43. The van der Waals surface area contributed by atoms with Gasteiger partial charge in [-0.1, -0.05) is 0 Å². The number of thiophene rings is 2. The van der Waals surface area contributed by atoms with Crippen molar-refractivity contribution in [2.45, 2.75) is 24.9 Å². The Labute approximate surface area is 166 Å². The molecule has 0 N–H and O–H groups in total. The molecule has 2 bridgehead atoms. The lowest BCUT2D eigenvalue weighted by molar-refractivity contribution is -0.114. The van der Waals surface area contributed by atoms with Crippen molar-refractivity contribution < 1.29 is 4.79 Å². The topological polar surface area (TPSA) is 20.3 Å². The van der Waals surface area contributed by atoms with Crippen molar-refractivity contribution in [1.82, 2.24) is 4.90 Å². The number of rotatable bonds is 2. The first-order valence-corrected chi connectivity index (χ1v) is 11.1. The fraction of sp³-hybridized carbons (Fsp3) is 0.278. The van der Waals surface area contributed by atoms with Gasteiger partial charge in [-0.05, 0) is 76.0 Å². The van der Waals surface area contributed by atoms with Crippen LogP contribution in [0.2, 0.25) is 0 Å². The number of carbonyl (C=O) groups excluding carboxylic acids is 1. The van der Waals surface area contributed by atoms with Gasteiger partial charge < -0.3 is 0 Å². The second kappa shape index (κ2) is 6.65. The molecule has 0 saturated carbocycles. The van der Waals surface area contributed by atoms with E-state index in [0.29, 0.717) is 0 Å². The van der Waals surface area contributed by atoms with E-state index in [1.54, 1.807) is 22.7 Å². The molecule has 124 valence electrons. The third-order valence-corrected chi connectivity index (χ3v) is 7.99. The number of halogens is 2. The maximum atomic E-state index is 13.2. The van der Waals surface area contributed by atoms with E-state index in [0.717, 1.165) is 42.7 Å². The molecular formula is C18H15Br2NOS2. The number of hydrogen-bond acceptors (Lipinski definition) is 4. The minimum atomic E-state index is 0.217. The number of nitrogens with zero attached hydrogens (tertiary/aromatic N) is 1. The van der Waals surface area contributed by atoms with Gasteiger partial charge in [0.05, 0.1) is 0 Å². The van der Waals surface area contributed by atoms with Gasteiger partial charge in [0.2, 0.25) is 0 Å². The van der Waals surface area contributed by atoms with E-state index in [4.69, 9.17) is 0 Å². The molecule has 0 radical (unpaired) electrons. The summed E-state index contributed by atoms with van der Waals surface area (Å²) in [6.07, 6.45) is 6.27. The summed E-state index contributed by atoms with van der Waals surface area (Å²) in [5.41, 5.74) is 1.87. The van der Waals surface area contributed by atoms with E-state index in [-0.39, 0.29) is 17.9 Å². The third-order valence-electron chi connectivity index (χ3n) is 4.71. The van der Waals surface area contributed by atoms with Crippen molar-refractivity contribution in [3.8, 4) is 0 Å². The third kappa shape index (κ3) is 3.03. The van der Waals surface area contributed by atoms with Gasteiger partial charge in [-0.3, -0.25) is 9.69 Å². The summed E-state index contributed by atoms with van der Waals surface area (Å²) in [6, 6.07) is 4.64. The number of likely N-dealkylation sites (N-methyl/N-ethyl adjacent to an activating group) is 1. The Morgan fingerprint density at radius 1 is 1.00 bits per heavy atom. The van der Waals surface area contributed by atoms with Crippen molar-refractivity contribution in [2.75, 3.05) is 7.05 Å². The molecule has 4 heterocycles. The molecule has 0 aliphatic carbocycles. The standard InChI is InChI=1S/C18H15Br2NOS2/c1-21-16-2-3-17(21)15(7-13-5-11(20)9-24-13)18(22)14(16)6-12-4-10(19)8-23-12/h4-9,16-17H,2-3H2,1H3/b14-6-,15-7+. The number of fused-ring (bicyclic) bond motifs is 2. The Kier molecular flexibility index (Phi) is 4.69. The molecule has 4 rings (SSSR count). The molecular weight excluding hydrogens is 470 g/mol. The molecule has 2 nitrogen and oxygen atoms in total. The Bertz CT molecular complexity index is 796. The number of hydrogen-bond donors (Lipinski definition) is 0. The lowest BCUT2D eigenvalue weighted by Gasteiger charge is -2.34. The fourth-order valence-corrected chi connectivity index (χ4v) is 6.37. The smallest absolute Gasteiger partial charge is 0.188 e. The van der Waals surface area contributed by atoms with Crippen molar-refractivity contribution in [2.24, 2.45) is 0 Å². The van der Waals surface area contributed by atoms with Gasteiger partial charge in [-0.15, -0.1) is 22.7 Å². The summed E-state index contributed by atoms with van der Waals surface area (Å²) in [6.45, 7) is 0. The monoisotopic (exact) mass is 483 g/mol. The molecule has 2 aromatic heterocycles. The largest absolute Gasteiger partial charge is 0.292 e. The van der Waals surface area contributed by atoms with Gasteiger partial charge in [0.1, 0.15) is 0 Å². The second-order valence-electron chi connectivity index (χ2n) is 6.14. The molecule has 2 fully saturated rings. The normalized spacial score (nSPS) is 27.5. The van der Waals surface area contributed by atoms with Crippen LogP contribution in [-0.4, -0.2) is 29.8 Å². The minimum Gasteiger partial charge on any atom is -0.292 e. The molecule has 0 aromatic carbocycles. The summed E-state index contributed by atoms with van der Waals surface area (Å²) in [4.78, 5) is 17.8. The first-order valence-electron chi connectivity index (χ1n) is 7.71. The van der Waals surface area contributed by atoms with E-state index in [2.05, 4.69) is 78.9 Å². The average Bonchev–Trinajstić information content (AvgIpc) is 3.21. The molecule has 2 atom stereocenters. The predicted molar refractivity (Wildman–Crippen MR) is 110 cm³/mol. The van der Waals surface area contributed by atoms with Crippen LogP contribution < -0.4 is 0 Å². The Hall–Kier alpha value is -0.530. The van der Waals surface area contributed by atoms with Crippen LogP contribution in [0.4, 0.5) is 0 Å². The van der Waals surface area contributed by atoms with E-state index in [9.17, 15) is 4.79 Å². The maximum absolute atomic E-state index is 13.2. The zero-order valence-corrected chi connectivity index (χ0v) is 17.8. The van der Waals surface area contributed by atoms with Gasteiger partial charge in [-0.25, -0.2) is 0 Å². The van der Waals surface area contributed by atoms with Gasteiger partial charge >= 0.3 is 0 Å². The van der Waals surface area contributed by atoms with Crippen LogP contribution in [-0.2, 0) is 4.79 Å². The molecule has 0 amide bonds. The second-order valence-corrected chi connectivity index (χ2v) is 9.85. The van der Waals surface area contributed by atoms with E-state index in [1.165, 1.54) is 0 Å². The molecule has 6 heteroatoms. The van der Waals surface area contributed by atoms with Crippen molar-refractivity contribution >= 4 is 72.5 Å².